The molecular weight excluding hydrogens is 338 g/mol. The normalized spacial score (nSPS) is 12.4. The summed E-state index contributed by atoms with van der Waals surface area (Å²) in [5, 5.41) is 8.74. The molecule has 4 aromatic rings. The first-order chi connectivity index (χ1) is 12.1. The molecule has 0 radical (unpaired) electrons. The number of aromatic nitrogens is 5. The van der Waals surface area contributed by atoms with E-state index < -0.39 is 0 Å². The van der Waals surface area contributed by atoms with Crippen LogP contribution in [0.5, 0.6) is 0 Å². The predicted molar refractivity (Wildman–Crippen MR) is 96.2 cm³/mol. The zero-order valence-electron chi connectivity index (χ0n) is 13.4. The molecule has 0 bridgehead atoms. The van der Waals surface area contributed by atoms with Crippen LogP contribution in [0.4, 0.5) is 0 Å². The number of fused-ring (bicyclic) bond motifs is 1. The molecule has 0 fully saturated rings. The van der Waals surface area contributed by atoms with Gasteiger partial charge >= 0.3 is 0 Å². The summed E-state index contributed by atoms with van der Waals surface area (Å²) in [5.74, 6) is 0. The highest BCUT2D eigenvalue weighted by molar-refractivity contribution is 6.30. The highest BCUT2D eigenvalue weighted by Crippen LogP contribution is 2.18. The molecule has 0 saturated heterocycles. The first-order valence-corrected chi connectivity index (χ1v) is 8.16. The van der Waals surface area contributed by atoms with E-state index in [0.29, 0.717) is 10.7 Å². The number of rotatable bonds is 3. The molecule has 1 unspecified atom stereocenters. The first-order valence-electron chi connectivity index (χ1n) is 7.78. The second-order valence-electron chi connectivity index (χ2n) is 5.69. The molecule has 2 aromatic carbocycles. The molecular formula is C18H14ClN5O. The molecule has 0 aliphatic carbocycles. The van der Waals surface area contributed by atoms with Crippen molar-refractivity contribution in [1.82, 2.24) is 24.5 Å². The van der Waals surface area contributed by atoms with Crippen molar-refractivity contribution in [3.8, 4) is 5.69 Å². The Kier molecular flexibility index (Phi) is 3.82. The van der Waals surface area contributed by atoms with E-state index in [0.717, 1.165) is 11.3 Å². The Morgan fingerprint density at radius 2 is 1.76 bits per heavy atom. The van der Waals surface area contributed by atoms with Crippen LogP contribution in [0, 0.1) is 0 Å². The lowest BCUT2D eigenvalue weighted by Gasteiger charge is -2.14. The lowest BCUT2D eigenvalue weighted by molar-refractivity contribution is 0.607. The number of benzene rings is 2. The lowest BCUT2D eigenvalue weighted by Crippen LogP contribution is -2.24. The molecule has 2 aromatic heterocycles. The van der Waals surface area contributed by atoms with Gasteiger partial charge in [-0.1, -0.05) is 47.1 Å². The zero-order valence-corrected chi connectivity index (χ0v) is 14.1. The van der Waals surface area contributed by atoms with Crippen molar-refractivity contribution in [2.24, 2.45) is 0 Å². The minimum absolute atomic E-state index is 0.147. The molecule has 124 valence electrons. The third-order valence-electron chi connectivity index (χ3n) is 4.16. The van der Waals surface area contributed by atoms with E-state index in [1.54, 1.807) is 28.8 Å². The zero-order chi connectivity index (χ0) is 17.4. The average molecular weight is 352 g/mol. The second kappa shape index (κ2) is 6.14. The lowest BCUT2D eigenvalue weighted by atomic mass is 10.1. The van der Waals surface area contributed by atoms with Crippen molar-refractivity contribution < 1.29 is 0 Å². The van der Waals surface area contributed by atoms with Gasteiger partial charge in [0.2, 0.25) is 0 Å². The monoisotopic (exact) mass is 351 g/mol. The summed E-state index contributed by atoms with van der Waals surface area (Å²) >= 11 is 5.92. The van der Waals surface area contributed by atoms with E-state index in [1.807, 2.05) is 37.3 Å². The quantitative estimate of drug-likeness (QED) is 0.568. The van der Waals surface area contributed by atoms with Gasteiger partial charge in [-0.05, 0) is 36.8 Å². The average Bonchev–Trinajstić information content (AvgIpc) is 3.08. The van der Waals surface area contributed by atoms with Crippen LogP contribution in [0.2, 0.25) is 5.02 Å². The Morgan fingerprint density at radius 3 is 2.48 bits per heavy atom. The Balaban J connectivity index is 1.82. The van der Waals surface area contributed by atoms with Gasteiger partial charge in [-0.2, -0.15) is 4.68 Å². The summed E-state index contributed by atoms with van der Waals surface area (Å²) in [7, 11) is 0. The van der Waals surface area contributed by atoms with Gasteiger partial charge in [-0.3, -0.25) is 9.36 Å². The summed E-state index contributed by atoms with van der Waals surface area (Å²) in [5.41, 5.74) is 2.20. The highest BCUT2D eigenvalue weighted by Gasteiger charge is 2.16. The largest absolute Gasteiger partial charge is 0.290 e. The van der Waals surface area contributed by atoms with Crippen LogP contribution in [0.1, 0.15) is 18.5 Å². The second-order valence-corrected chi connectivity index (χ2v) is 6.13. The van der Waals surface area contributed by atoms with Crippen molar-refractivity contribution in [3.05, 3.63) is 81.9 Å². The molecule has 0 N–H and O–H groups in total. The van der Waals surface area contributed by atoms with E-state index >= 15 is 0 Å². The van der Waals surface area contributed by atoms with Gasteiger partial charge in [0, 0.05) is 5.02 Å². The van der Waals surface area contributed by atoms with Crippen molar-refractivity contribution in [2.45, 2.75) is 13.0 Å². The summed E-state index contributed by atoms with van der Waals surface area (Å²) < 4.78 is 3.10. The third-order valence-corrected chi connectivity index (χ3v) is 4.41. The highest BCUT2D eigenvalue weighted by atomic mass is 35.5. The fourth-order valence-electron chi connectivity index (χ4n) is 2.75. The standard InChI is InChI=1S/C18H14ClN5O/c1-12(13-5-3-2-4-6-13)23-11-20-17-16(18(23)25)21-22-24(17)15-9-7-14(19)8-10-15/h2-12H,1H3. The smallest absolute Gasteiger partial charge is 0.284 e. The van der Waals surface area contributed by atoms with Crippen LogP contribution in [-0.2, 0) is 0 Å². The fourth-order valence-corrected chi connectivity index (χ4v) is 2.87. The minimum Gasteiger partial charge on any atom is -0.290 e. The van der Waals surface area contributed by atoms with Crippen LogP contribution in [-0.4, -0.2) is 24.5 Å². The van der Waals surface area contributed by atoms with Gasteiger partial charge in [0.1, 0.15) is 6.33 Å². The molecule has 7 heteroatoms. The van der Waals surface area contributed by atoms with Gasteiger partial charge in [0.05, 0.1) is 11.7 Å². The van der Waals surface area contributed by atoms with Gasteiger partial charge in [0.15, 0.2) is 11.2 Å². The number of hydrogen-bond acceptors (Lipinski definition) is 4. The summed E-state index contributed by atoms with van der Waals surface area (Å²) in [6.07, 6.45) is 1.54. The van der Waals surface area contributed by atoms with Gasteiger partial charge < -0.3 is 0 Å². The van der Waals surface area contributed by atoms with Crippen molar-refractivity contribution >= 4 is 22.8 Å². The maximum absolute atomic E-state index is 12.8. The minimum atomic E-state index is -0.221. The Labute approximate surface area is 148 Å². The molecule has 25 heavy (non-hydrogen) atoms. The van der Waals surface area contributed by atoms with Crippen LogP contribution in [0.3, 0.4) is 0 Å². The van der Waals surface area contributed by atoms with E-state index in [1.165, 1.54) is 11.0 Å². The molecule has 6 nitrogen and oxygen atoms in total. The van der Waals surface area contributed by atoms with E-state index in [9.17, 15) is 4.79 Å². The van der Waals surface area contributed by atoms with Crippen LogP contribution in [0.15, 0.2) is 65.7 Å². The predicted octanol–water partition coefficient (Wildman–Crippen LogP) is 3.24. The van der Waals surface area contributed by atoms with E-state index in [4.69, 9.17) is 11.6 Å². The number of hydrogen-bond donors (Lipinski definition) is 0. The third kappa shape index (κ3) is 2.70. The summed E-state index contributed by atoms with van der Waals surface area (Å²) in [6.45, 7) is 1.95. The molecule has 1 atom stereocenters. The fraction of sp³-hybridized carbons (Fsp3) is 0.111. The number of halogens is 1. The summed E-state index contributed by atoms with van der Waals surface area (Å²) in [4.78, 5) is 17.2. The SMILES string of the molecule is CC(c1ccccc1)n1cnc2c(nnn2-c2ccc(Cl)cc2)c1=O. The van der Waals surface area contributed by atoms with E-state index in [2.05, 4.69) is 15.3 Å². The first kappa shape index (κ1) is 15.5. The van der Waals surface area contributed by atoms with Gasteiger partial charge in [-0.15, -0.1) is 5.10 Å². The van der Waals surface area contributed by atoms with Crippen molar-refractivity contribution in [2.75, 3.05) is 0 Å². The topological polar surface area (TPSA) is 65.6 Å². The molecule has 2 heterocycles. The van der Waals surface area contributed by atoms with E-state index in [-0.39, 0.29) is 17.1 Å². The van der Waals surface area contributed by atoms with Crippen LogP contribution < -0.4 is 5.56 Å². The van der Waals surface area contributed by atoms with Crippen molar-refractivity contribution in [3.63, 3.8) is 0 Å². The Hall–Kier alpha value is -2.99. The maximum atomic E-state index is 12.8. The van der Waals surface area contributed by atoms with Crippen LogP contribution >= 0.6 is 11.6 Å². The molecule has 0 aliphatic rings. The molecule has 4 rings (SSSR count). The van der Waals surface area contributed by atoms with Gasteiger partial charge in [-0.25, -0.2) is 4.98 Å². The molecule has 0 amide bonds. The maximum Gasteiger partial charge on any atom is 0.284 e. The molecule has 0 spiro atoms. The number of nitrogens with zero attached hydrogens (tertiary/aromatic N) is 5. The molecule has 0 aliphatic heterocycles. The Bertz CT molecular complexity index is 1090. The van der Waals surface area contributed by atoms with Gasteiger partial charge in [0.25, 0.3) is 5.56 Å². The summed E-state index contributed by atoms with van der Waals surface area (Å²) in [6, 6.07) is 16.7. The molecule has 0 saturated carbocycles. The van der Waals surface area contributed by atoms with Crippen LogP contribution in [0.25, 0.3) is 16.9 Å². The van der Waals surface area contributed by atoms with Crippen molar-refractivity contribution in [1.29, 1.82) is 0 Å². The Morgan fingerprint density at radius 1 is 1.04 bits per heavy atom.